The van der Waals surface area contributed by atoms with Gasteiger partial charge >= 0.3 is 5.97 Å². The Morgan fingerprint density at radius 3 is 2.63 bits per heavy atom. The van der Waals surface area contributed by atoms with Crippen LogP contribution in [0, 0.1) is 0 Å². The molecule has 0 bridgehead atoms. The smallest absolute Gasteiger partial charge is 0.344 e. The second kappa shape index (κ2) is 7.95. The summed E-state index contributed by atoms with van der Waals surface area (Å²) in [6.45, 7) is 3.32. The number of carbonyl (C=O) groups excluding carboxylic acids is 1. The summed E-state index contributed by atoms with van der Waals surface area (Å²) >= 11 is 0. The molecule has 0 unspecified atom stereocenters. The van der Waals surface area contributed by atoms with Gasteiger partial charge in [0.15, 0.2) is 6.61 Å². The lowest BCUT2D eigenvalue weighted by Crippen LogP contribution is -2.18. The Hall–Kier alpha value is -3.28. The van der Waals surface area contributed by atoms with E-state index in [2.05, 4.69) is 0 Å². The summed E-state index contributed by atoms with van der Waals surface area (Å²) in [5.41, 5.74) is 1.27. The first-order valence-electron chi connectivity index (χ1n) is 8.51. The Bertz CT molecular complexity index is 1020. The topological polar surface area (TPSA) is 75.0 Å². The van der Waals surface area contributed by atoms with Crippen LogP contribution in [0.1, 0.15) is 13.8 Å². The van der Waals surface area contributed by atoms with E-state index in [1.54, 1.807) is 51.3 Å². The van der Waals surface area contributed by atoms with Gasteiger partial charge in [0, 0.05) is 11.6 Å². The average Bonchev–Trinajstić information content (AvgIpc) is 2.66. The van der Waals surface area contributed by atoms with E-state index in [4.69, 9.17) is 18.6 Å². The van der Waals surface area contributed by atoms with Gasteiger partial charge in [-0.25, -0.2) is 4.79 Å². The summed E-state index contributed by atoms with van der Waals surface area (Å²) in [7, 11) is 1.55. The maximum Gasteiger partial charge on any atom is 0.344 e. The number of hydrogen-bond donors (Lipinski definition) is 0. The van der Waals surface area contributed by atoms with Crippen molar-refractivity contribution in [2.45, 2.75) is 20.0 Å². The Balaban J connectivity index is 1.90. The molecule has 0 aliphatic rings. The summed E-state index contributed by atoms with van der Waals surface area (Å²) < 4.78 is 21.4. The fourth-order valence-electron chi connectivity index (χ4n) is 2.69. The fourth-order valence-corrected chi connectivity index (χ4v) is 2.69. The summed E-state index contributed by atoms with van der Waals surface area (Å²) in [5.74, 6) is 0.544. The number of hydrogen-bond acceptors (Lipinski definition) is 6. The van der Waals surface area contributed by atoms with Gasteiger partial charge in [-0.15, -0.1) is 0 Å². The van der Waals surface area contributed by atoms with Crippen molar-refractivity contribution in [3.8, 4) is 22.6 Å². The van der Waals surface area contributed by atoms with Crippen molar-refractivity contribution in [3.05, 3.63) is 59.0 Å². The summed E-state index contributed by atoms with van der Waals surface area (Å²) in [6, 6.07) is 12.1. The SMILES string of the molecule is COc1ccccc1-c1coc2cc(OCC(=O)OC(C)C)ccc2c1=O. The molecule has 0 saturated carbocycles. The number of benzene rings is 2. The lowest BCUT2D eigenvalue weighted by atomic mass is 10.0. The molecule has 6 heteroatoms. The van der Waals surface area contributed by atoms with E-state index in [1.165, 1.54) is 6.26 Å². The number of ether oxygens (including phenoxy) is 3. The predicted octanol–water partition coefficient (Wildman–Crippen LogP) is 3.80. The van der Waals surface area contributed by atoms with Gasteiger partial charge in [-0.1, -0.05) is 18.2 Å². The molecule has 0 radical (unpaired) electrons. The van der Waals surface area contributed by atoms with E-state index in [1.807, 2.05) is 12.1 Å². The van der Waals surface area contributed by atoms with Crippen molar-refractivity contribution < 1.29 is 23.4 Å². The number of para-hydroxylation sites is 1. The fraction of sp³-hybridized carbons (Fsp3) is 0.238. The van der Waals surface area contributed by atoms with Crippen molar-refractivity contribution in [1.82, 2.24) is 0 Å². The van der Waals surface area contributed by atoms with Gasteiger partial charge in [-0.3, -0.25) is 4.79 Å². The molecular weight excluding hydrogens is 348 g/mol. The minimum atomic E-state index is -0.460. The van der Waals surface area contributed by atoms with Crippen LogP contribution in [0.25, 0.3) is 22.1 Å². The Kier molecular flexibility index (Phi) is 5.45. The zero-order valence-corrected chi connectivity index (χ0v) is 15.4. The second-order valence-corrected chi connectivity index (χ2v) is 6.16. The van der Waals surface area contributed by atoms with Gasteiger partial charge in [0.1, 0.15) is 23.3 Å². The van der Waals surface area contributed by atoms with Gasteiger partial charge in [0.2, 0.25) is 5.43 Å². The van der Waals surface area contributed by atoms with Crippen LogP contribution in [0.2, 0.25) is 0 Å². The molecule has 0 spiro atoms. The molecule has 0 aliphatic carbocycles. The summed E-state index contributed by atoms with van der Waals surface area (Å²) in [6.07, 6.45) is 1.20. The molecule has 0 atom stereocenters. The molecule has 2 aromatic carbocycles. The predicted molar refractivity (Wildman–Crippen MR) is 101 cm³/mol. The number of carbonyl (C=O) groups is 1. The van der Waals surface area contributed by atoms with Crippen LogP contribution in [0.3, 0.4) is 0 Å². The van der Waals surface area contributed by atoms with Crippen LogP contribution in [0.4, 0.5) is 0 Å². The number of rotatable bonds is 6. The maximum atomic E-state index is 12.9. The minimum absolute atomic E-state index is 0.175. The average molecular weight is 368 g/mol. The van der Waals surface area contributed by atoms with Crippen LogP contribution < -0.4 is 14.9 Å². The minimum Gasteiger partial charge on any atom is -0.496 e. The van der Waals surface area contributed by atoms with Crippen LogP contribution in [-0.2, 0) is 9.53 Å². The first-order valence-corrected chi connectivity index (χ1v) is 8.51. The Morgan fingerprint density at radius 2 is 1.89 bits per heavy atom. The Labute approximate surface area is 156 Å². The highest BCUT2D eigenvalue weighted by Crippen LogP contribution is 2.29. The molecule has 0 aliphatic heterocycles. The molecule has 0 fully saturated rings. The quantitative estimate of drug-likeness (QED) is 0.616. The van der Waals surface area contributed by atoms with E-state index in [0.29, 0.717) is 33.6 Å². The molecule has 140 valence electrons. The van der Waals surface area contributed by atoms with E-state index in [0.717, 1.165) is 0 Å². The third kappa shape index (κ3) is 4.11. The third-order valence-electron chi connectivity index (χ3n) is 3.87. The molecule has 1 heterocycles. The van der Waals surface area contributed by atoms with Crippen LogP contribution >= 0.6 is 0 Å². The Morgan fingerprint density at radius 1 is 1.11 bits per heavy atom. The molecule has 3 aromatic rings. The molecule has 1 aromatic heterocycles. The molecule has 3 rings (SSSR count). The first-order chi connectivity index (χ1) is 13.0. The van der Waals surface area contributed by atoms with Gasteiger partial charge < -0.3 is 18.6 Å². The second-order valence-electron chi connectivity index (χ2n) is 6.16. The molecule has 0 N–H and O–H groups in total. The normalized spacial score (nSPS) is 10.8. The van der Waals surface area contributed by atoms with Crippen molar-refractivity contribution in [3.63, 3.8) is 0 Å². The standard InChI is InChI=1S/C21H20O6/c1-13(2)27-20(22)12-25-14-8-9-16-19(10-14)26-11-17(21(16)23)15-6-4-5-7-18(15)24-3/h4-11,13H,12H2,1-3H3. The van der Waals surface area contributed by atoms with Gasteiger partial charge in [-0.2, -0.15) is 0 Å². The van der Waals surface area contributed by atoms with Gasteiger partial charge in [0.05, 0.1) is 24.2 Å². The highest BCUT2D eigenvalue weighted by Gasteiger charge is 2.14. The van der Waals surface area contributed by atoms with E-state index in [9.17, 15) is 9.59 Å². The first kappa shape index (κ1) is 18.5. The number of fused-ring (bicyclic) bond motifs is 1. The zero-order chi connectivity index (χ0) is 19.4. The zero-order valence-electron chi connectivity index (χ0n) is 15.4. The molecule has 0 amide bonds. The van der Waals surface area contributed by atoms with Gasteiger partial charge in [0.25, 0.3) is 0 Å². The highest BCUT2D eigenvalue weighted by molar-refractivity contribution is 5.84. The largest absolute Gasteiger partial charge is 0.496 e. The van der Waals surface area contributed by atoms with Crippen molar-refractivity contribution >= 4 is 16.9 Å². The lowest BCUT2D eigenvalue weighted by molar-refractivity contribution is -0.149. The lowest BCUT2D eigenvalue weighted by Gasteiger charge is -2.10. The van der Waals surface area contributed by atoms with E-state index < -0.39 is 5.97 Å². The summed E-state index contributed by atoms with van der Waals surface area (Å²) in [4.78, 5) is 24.4. The number of esters is 1. The highest BCUT2D eigenvalue weighted by atomic mass is 16.6. The molecule has 27 heavy (non-hydrogen) atoms. The van der Waals surface area contributed by atoms with Crippen LogP contribution in [0.15, 0.2) is 57.9 Å². The molecule has 0 saturated heterocycles. The summed E-state index contributed by atoms with van der Waals surface area (Å²) in [5, 5.41) is 0.413. The van der Waals surface area contributed by atoms with Gasteiger partial charge in [-0.05, 0) is 32.0 Å². The van der Waals surface area contributed by atoms with E-state index in [-0.39, 0.29) is 18.1 Å². The van der Waals surface area contributed by atoms with Crippen LogP contribution in [-0.4, -0.2) is 25.8 Å². The van der Waals surface area contributed by atoms with Crippen molar-refractivity contribution in [1.29, 1.82) is 0 Å². The molecule has 6 nitrogen and oxygen atoms in total. The maximum absolute atomic E-state index is 12.9. The third-order valence-corrected chi connectivity index (χ3v) is 3.87. The van der Waals surface area contributed by atoms with Crippen molar-refractivity contribution in [2.24, 2.45) is 0 Å². The number of methoxy groups -OCH3 is 1. The van der Waals surface area contributed by atoms with Crippen LogP contribution in [0.5, 0.6) is 11.5 Å². The molecular formula is C21H20O6. The van der Waals surface area contributed by atoms with E-state index >= 15 is 0 Å². The monoisotopic (exact) mass is 368 g/mol. The van der Waals surface area contributed by atoms with Crippen molar-refractivity contribution in [2.75, 3.05) is 13.7 Å².